The van der Waals surface area contributed by atoms with Crippen LogP contribution in [0.3, 0.4) is 0 Å². The molecule has 69 heavy (non-hydrogen) atoms. The van der Waals surface area contributed by atoms with Gasteiger partial charge in [-0.25, -0.2) is 9.98 Å². The van der Waals surface area contributed by atoms with Crippen molar-refractivity contribution in [2.24, 2.45) is 15.9 Å². The highest BCUT2D eigenvalue weighted by Gasteiger charge is 2.36. The molecule has 1 aliphatic heterocycles. The number of para-hydroxylation sites is 1. The molecule has 8 aromatic carbocycles. The maximum absolute atomic E-state index is 5.37. The predicted molar refractivity (Wildman–Crippen MR) is 294 cm³/mol. The smallest absolute Gasteiger partial charge is 0.204 e. The average molecular weight is 898 g/mol. The molecule has 2 aliphatic rings. The number of hydrogen-bond acceptors (Lipinski definition) is 5. The standard InChI is InChI=1S/C64H59N5/c1-7-9-20-44(3)61-65-62(51-22-12-10-13-23-51)67-63(66-61)69(55-41-42-59-57(43-55)45(4)58(19-8-2)64(59,5)6)54-39-35-49(36-40-54)47-31-29-46(30-32-47)48-33-37-53(38-34-48)68(52-25-14-11-15-26-52)60-28-18-24-50-21-16-17-27-56(50)60/h8-44,63H,7H2,1-6H3,(H,65,66,67)/b19-8-,20-9-. The summed E-state index contributed by atoms with van der Waals surface area (Å²) in [5.74, 6) is 1.68. The number of nitrogens with zero attached hydrogens (tertiary/aromatic N) is 4. The van der Waals surface area contributed by atoms with Gasteiger partial charge in [-0.3, -0.25) is 0 Å². The second kappa shape index (κ2) is 19.3. The van der Waals surface area contributed by atoms with E-state index >= 15 is 0 Å². The van der Waals surface area contributed by atoms with Crippen LogP contribution in [0.15, 0.2) is 234 Å². The summed E-state index contributed by atoms with van der Waals surface area (Å²) < 4.78 is 0. The van der Waals surface area contributed by atoms with E-state index in [1.54, 1.807) is 0 Å². The molecule has 2 unspecified atom stereocenters. The van der Waals surface area contributed by atoms with Gasteiger partial charge in [0.15, 0.2) is 5.84 Å². The third kappa shape index (κ3) is 8.85. The molecule has 1 N–H and O–H groups in total. The Morgan fingerprint density at radius 2 is 1.19 bits per heavy atom. The Hall–Kier alpha value is -8.02. The molecule has 340 valence electrons. The molecule has 0 aromatic heterocycles. The van der Waals surface area contributed by atoms with Gasteiger partial charge in [-0.05, 0) is 125 Å². The van der Waals surface area contributed by atoms with Crippen LogP contribution in [-0.4, -0.2) is 18.0 Å². The second-order valence-corrected chi connectivity index (χ2v) is 18.6. The van der Waals surface area contributed by atoms with Crippen molar-refractivity contribution in [2.75, 3.05) is 9.80 Å². The fourth-order valence-corrected chi connectivity index (χ4v) is 10.1. The van der Waals surface area contributed by atoms with E-state index in [0.717, 1.165) is 63.2 Å². The highest BCUT2D eigenvalue weighted by Crippen LogP contribution is 2.48. The van der Waals surface area contributed by atoms with Crippen LogP contribution in [0.25, 0.3) is 38.6 Å². The first-order valence-electron chi connectivity index (χ1n) is 24.3. The van der Waals surface area contributed by atoms with Crippen LogP contribution in [0, 0.1) is 5.92 Å². The second-order valence-electron chi connectivity index (χ2n) is 18.6. The van der Waals surface area contributed by atoms with Crippen molar-refractivity contribution in [1.29, 1.82) is 0 Å². The summed E-state index contributed by atoms with van der Waals surface area (Å²) in [6, 6.07) is 69.8. The lowest BCUT2D eigenvalue weighted by atomic mass is 9.81. The number of aliphatic imine (C=N–C) groups is 2. The topological polar surface area (TPSA) is 43.2 Å². The summed E-state index contributed by atoms with van der Waals surface area (Å²) >= 11 is 0. The van der Waals surface area contributed by atoms with E-state index in [1.807, 2.05) is 6.07 Å². The molecule has 0 spiro atoms. The minimum absolute atomic E-state index is 0.0696. The Balaban J connectivity index is 0.977. The largest absolute Gasteiger partial charge is 0.334 e. The van der Waals surface area contributed by atoms with Gasteiger partial charge >= 0.3 is 0 Å². The summed E-state index contributed by atoms with van der Waals surface area (Å²) in [6.45, 7) is 13.4. The van der Waals surface area contributed by atoms with Crippen LogP contribution in [0.4, 0.5) is 28.4 Å². The summed E-state index contributed by atoms with van der Waals surface area (Å²) in [6.07, 6.45) is 9.38. The van der Waals surface area contributed by atoms with Gasteiger partial charge in [0.1, 0.15) is 5.84 Å². The fraction of sp³-hybridized carbons (Fsp3) is 0.156. The zero-order chi connectivity index (χ0) is 47.5. The Labute approximate surface area is 408 Å². The van der Waals surface area contributed by atoms with E-state index in [9.17, 15) is 0 Å². The van der Waals surface area contributed by atoms with Gasteiger partial charge in [0.05, 0.1) is 5.69 Å². The monoisotopic (exact) mass is 897 g/mol. The molecular formula is C64H59N5. The third-order valence-electron chi connectivity index (χ3n) is 13.7. The molecule has 0 radical (unpaired) electrons. The quantitative estimate of drug-likeness (QED) is 0.117. The normalized spacial score (nSPS) is 15.8. The summed E-state index contributed by atoms with van der Waals surface area (Å²) in [5, 5.41) is 6.23. The predicted octanol–water partition coefficient (Wildman–Crippen LogP) is 16.8. The van der Waals surface area contributed by atoms with E-state index in [1.165, 1.54) is 44.2 Å². The summed E-state index contributed by atoms with van der Waals surface area (Å²) in [7, 11) is 0. The van der Waals surface area contributed by atoms with Gasteiger partial charge in [0.25, 0.3) is 0 Å². The maximum Gasteiger partial charge on any atom is 0.204 e. The van der Waals surface area contributed by atoms with Crippen LogP contribution in [0.5, 0.6) is 0 Å². The number of fused-ring (bicyclic) bond motifs is 2. The van der Waals surface area contributed by atoms with Gasteiger partial charge < -0.3 is 15.1 Å². The Morgan fingerprint density at radius 1 is 0.623 bits per heavy atom. The number of amidine groups is 2. The molecule has 5 nitrogen and oxygen atoms in total. The number of rotatable bonds is 13. The third-order valence-corrected chi connectivity index (χ3v) is 13.7. The molecule has 0 amide bonds. The van der Waals surface area contributed by atoms with E-state index in [4.69, 9.17) is 9.98 Å². The molecule has 5 heteroatoms. The number of benzene rings is 8. The van der Waals surface area contributed by atoms with Gasteiger partial charge in [0, 0.05) is 45.0 Å². The summed E-state index contributed by atoms with van der Waals surface area (Å²) in [4.78, 5) is 15.2. The van der Waals surface area contributed by atoms with Crippen LogP contribution in [0.1, 0.15) is 64.7 Å². The van der Waals surface area contributed by atoms with Crippen molar-refractivity contribution in [2.45, 2.75) is 59.7 Å². The first kappa shape index (κ1) is 44.8. The van der Waals surface area contributed by atoms with Crippen molar-refractivity contribution >= 4 is 56.5 Å². The maximum atomic E-state index is 5.37. The minimum atomic E-state index is -0.458. The van der Waals surface area contributed by atoms with E-state index < -0.39 is 6.29 Å². The Kier molecular flexibility index (Phi) is 12.5. The van der Waals surface area contributed by atoms with Crippen molar-refractivity contribution in [3.05, 3.63) is 241 Å². The van der Waals surface area contributed by atoms with Crippen LogP contribution in [-0.2, 0) is 5.41 Å². The van der Waals surface area contributed by atoms with E-state index in [0.29, 0.717) is 0 Å². The lowest BCUT2D eigenvalue weighted by molar-refractivity contribution is 0.619. The molecular weight excluding hydrogens is 839 g/mol. The molecule has 0 saturated heterocycles. The van der Waals surface area contributed by atoms with Gasteiger partial charge in [0.2, 0.25) is 6.29 Å². The first-order chi connectivity index (χ1) is 33.7. The average Bonchev–Trinajstić information content (AvgIpc) is 3.59. The van der Waals surface area contributed by atoms with Gasteiger partial charge in [-0.1, -0.05) is 192 Å². The zero-order valence-electron chi connectivity index (χ0n) is 40.4. The lowest BCUT2D eigenvalue weighted by Crippen LogP contribution is -2.49. The molecule has 2 atom stereocenters. The molecule has 0 fully saturated rings. The number of anilines is 5. The highest BCUT2D eigenvalue weighted by molar-refractivity contribution is 6.09. The van der Waals surface area contributed by atoms with Crippen molar-refractivity contribution in [3.63, 3.8) is 0 Å². The zero-order valence-corrected chi connectivity index (χ0v) is 40.4. The molecule has 0 bridgehead atoms. The summed E-state index contributed by atoms with van der Waals surface area (Å²) in [5.41, 5.74) is 16.3. The van der Waals surface area contributed by atoms with Crippen molar-refractivity contribution in [1.82, 2.24) is 5.32 Å². The fourth-order valence-electron chi connectivity index (χ4n) is 10.1. The molecule has 1 heterocycles. The number of nitrogens with one attached hydrogen (secondary N) is 1. The minimum Gasteiger partial charge on any atom is -0.334 e. The Bertz CT molecular complexity index is 3260. The van der Waals surface area contributed by atoms with E-state index in [-0.39, 0.29) is 11.3 Å². The highest BCUT2D eigenvalue weighted by atomic mass is 15.4. The lowest BCUT2D eigenvalue weighted by Gasteiger charge is -2.36. The van der Waals surface area contributed by atoms with Crippen molar-refractivity contribution < 1.29 is 0 Å². The number of allylic oxidation sites excluding steroid dienone is 5. The van der Waals surface area contributed by atoms with Crippen LogP contribution in [0.2, 0.25) is 0 Å². The molecule has 10 rings (SSSR count). The first-order valence-corrected chi connectivity index (χ1v) is 24.3. The Morgan fingerprint density at radius 3 is 1.84 bits per heavy atom. The molecule has 1 aliphatic carbocycles. The van der Waals surface area contributed by atoms with Crippen LogP contribution < -0.4 is 15.1 Å². The van der Waals surface area contributed by atoms with E-state index in [2.05, 4.69) is 269 Å². The van der Waals surface area contributed by atoms with Gasteiger partial charge in [-0.15, -0.1) is 0 Å². The number of hydrogen-bond donors (Lipinski definition) is 1. The van der Waals surface area contributed by atoms with Crippen LogP contribution >= 0.6 is 0 Å². The molecule has 8 aromatic rings. The van der Waals surface area contributed by atoms with Crippen molar-refractivity contribution in [3.8, 4) is 22.3 Å². The van der Waals surface area contributed by atoms with Gasteiger partial charge in [-0.2, -0.15) is 0 Å². The molecule has 0 saturated carbocycles. The SMILES string of the molecule is C/C=C\C1=C(C)c2cc(N(c3ccc(-c4ccc(-c5ccc(N(c6ccccc6)c6cccc7ccccc67)cc5)cc4)cc3)C3N=C(c4ccccc4)N=C(C(C)/C=C\CC)N3)ccc2C1(C)C.